The monoisotopic (exact) mass is 578 g/mol. The molecular formula is C34H31FN4O4. The summed E-state index contributed by atoms with van der Waals surface area (Å²) in [7, 11) is 0. The Morgan fingerprint density at radius 3 is 2.60 bits per heavy atom. The molecule has 4 aromatic rings. The van der Waals surface area contributed by atoms with E-state index < -0.39 is 23.2 Å². The standard InChI is InChI=1S/C34H31FN4O4/c1-34(2)16-26-30(29(41)17-34)32(23-13-12-22(15-24(23)35)43-19-20-7-4-3-5-8-20)39(27-9-6-10-28(40)31(27)38-26)33(42)25-14-11-21(36)18-37-25/h3-15,18,32,38,40H,16-17,19,36H2,1-2H3/t32-/m0/s1. The van der Waals surface area contributed by atoms with Gasteiger partial charge in [0.25, 0.3) is 5.91 Å². The fourth-order valence-corrected chi connectivity index (χ4v) is 5.78. The highest BCUT2D eigenvalue weighted by Gasteiger charge is 2.45. The second-order valence-corrected chi connectivity index (χ2v) is 11.6. The third-order valence-electron chi connectivity index (χ3n) is 7.75. The maximum atomic E-state index is 16.2. The number of aromatic nitrogens is 1. The van der Waals surface area contributed by atoms with E-state index in [1.165, 1.54) is 29.3 Å². The molecule has 2 heterocycles. The molecule has 1 amide bonds. The number of hydrogen-bond donors (Lipinski definition) is 3. The molecule has 6 rings (SSSR count). The molecule has 1 aliphatic heterocycles. The van der Waals surface area contributed by atoms with E-state index >= 15 is 4.39 Å². The number of ketones is 1. The lowest BCUT2D eigenvalue weighted by molar-refractivity contribution is -0.118. The zero-order valence-electron chi connectivity index (χ0n) is 23.8. The minimum Gasteiger partial charge on any atom is -0.506 e. The molecule has 218 valence electrons. The molecule has 0 unspecified atom stereocenters. The van der Waals surface area contributed by atoms with Gasteiger partial charge in [-0.2, -0.15) is 0 Å². The molecule has 0 saturated heterocycles. The molecule has 4 N–H and O–H groups in total. The number of allylic oxidation sites excluding steroid dienone is 1. The van der Waals surface area contributed by atoms with Crippen molar-refractivity contribution < 1.29 is 23.8 Å². The van der Waals surface area contributed by atoms with Crippen LogP contribution in [0.25, 0.3) is 0 Å². The van der Waals surface area contributed by atoms with E-state index in [0.29, 0.717) is 23.6 Å². The van der Waals surface area contributed by atoms with E-state index in [1.807, 2.05) is 44.2 Å². The van der Waals surface area contributed by atoms with Crippen molar-refractivity contribution in [3.05, 3.63) is 119 Å². The van der Waals surface area contributed by atoms with Gasteiger partial charge in [-0.15, -0.1) is 0 Å². The number of pyridine rings is 1. The molecule has 43 heavy (non-hydrogen) atoms. The molecule has 3 aromatic carbocycles. The number of carbonyl (C=O) groups is 2. The number of nitrogens with one attached hydrogen (secondary N) is 1. The van der Waals surface area contributed by atoms with Crippen LogP contribution in [-0.4, -0.2) is 21.8 Å². The van der Waals surface area contributed by atoms with Gasteiger partial charge in [0.05, 0.1) is 23.6 Å². The Morgan fingerprint density at radius 1 is 1.09 bits per heavy atom. The first kappa shape index (κ1) is 28.0. The van der Waals surface area contributed by atoms with Crippen LogP contribution >= 0.6 is 0 Å². The van der Waals surface area contributed by atoms with E-state index in [4.69, 9.17) is 10.5 Å². The van der Waals surface area contributed by atoms with Gasteiger partial charge in [-0.25, -0.2) is 9.37 Å². The summed E-state index contributed by atoms with van der Waals surface area (Å²) >= 11 is 0. The van der Waals surface area contributed by atoms with Crippen LogP contribution < -0.4 is 20.7 Å². The van der Waals surface area contributed by atoms with Gasteiger partial charge in [-0.05, 0) is 53.8 Å². The van der Waals surface area contributed by atoms with Gasteiger partial charge in [0.2, 0.25) is 0 Å². The zero-order chi connectivity index (χ0) is 30.3. The van der Waals surface area contributed by atoms with Gasteiger partial charge in [-0.1, -0.05) is 50.2 Å². The number of nitrogens with two attached hydrogens (primary N) is 1. The number of nitrogen functional groups attached to an aromatic ring is 1. The third kappa shape index (κ3) is 5.41. The maximum absolute atomic E-state index is 16.2. The summed E-state index contributed by atoms with van der Waals surface area (Å²) in [6, 6.07) is 20.6. The number of phenolic OH excluding ortho intramolecular Hbond substituents is 1. The molecule has 8 nitrogen and oxygen atoms in total. The van der Waals surface area contributed by atoms with E-state index in [1.54, 1.807) is 30.3 Å². The lowest BCUT2D eigenvalue weighted by Crippen LogP contribution is -2.40. The zero-order valence-corrected chi connectivity index (χ0v) is 23.8. The summed E-state index contributed by atoms with van der Waals surface area (Å²) in [4.78, 5) is 33.8. The fourth-order valence-electron chi connectivity index (χ4n) is 5.78. The van der Waals surface area contributed by atoms with Crippen LogP contribution in [0.2, 0.25) is 0 Å². The first-order valence-corrected chi connectivity index (χ1v) is 14.0. The van der Waals surface area contributed by atoms with Crippen LogP contribution in [-0.2, 0) is 11.4 Å². The number of anilines is 3. The van der Waals surface area contributed by atoms with Crippen molar-refractivity contribution in [3.8, 4) is 11.5 Å². The molecular weight excluding hydrogens is 547 g/mol. The summed E-state index contributed by atoms with van der Waals surface area (Å²) in [5.41, 5.74) is 8.18. The Morgan fingerprint density at radius 2 is 1.88 bits per heavy atom. The Bertz CT molecular complexity index is 1750. The van der Waals surface area contributed by atoms with Crippen LogP contribution in [0.4, 0.5) is 21.5 Å². The van der Waals surface area contributed by atoms with Crippen molar-refractivity contribution >= 4 is 28.8 Å². The van der Waals surface area contributed by atoms with Gasteiger partial charge in [0.1, 0.15) is 35.3 Å². The first-order chi connectivity index (χ1) is 20.6. The number of Topliss-reactive ketones (excluding diaryl/α,β-unsaturated/α-hetero) is 1. The molecule has 1 aromatic heterocycles. The van der Waals surface area contributed by atoms with Gasteiger partial charge in [0, 0.05) is 29.3 Å². The summed E-state index contributed by atoms with van der Waals surface area (Å²) in [5.74, 6) is -1.27. The Hall–Kier alpha value is -5.18. The highest BCUT2D eigenvalue weighted by Crippen LogP contribution is 2.51. The Balaban J connectivity index is 1.52. The number of carbonyl (C=O) groups excluding carboxylic acids is 2. The fraction of sp³-hybridized carbons (Fsp3) is 0.206. The van der Waals surface area contributed by atoms with Crippen LogP contribution in [0.5, 0.6) is 11.5 Å². The number of ether oxygens (including phenoxy) is 1. The number of benzene rings is 3. The Kier molecular flexibility index (Phi) is 7.09. The highest BCUT2D eigenvalue weighted by molar-refractivity contribution is 6.11. The van der Waals surface area contributed by atoms with Gasteiger partial charge < -0.3 is 20.9 Å². The van der Waals surface area contributed by atoms with E-state index in [2.05, 4.69) is 10.3 Å². The number of hydrogen-bond acceptors (Lipinski definition) is 7. The predicted octanol–water partition coefficient (Wildman–Crippen LogP) is 6.54. The molecule has 0 radical (unpaired) electrons. The van der Waals surface area contributed by atoms with Crippen molar-refractivity contribution in [1.29, 1.82) is 0 Å². The second-order valence-electron chi connectivity index (χ2n) is 11.6. The number of nitrogens with zero attached hydrogens (tertiary/aromatic N) is 2. The molecule has 0 bridgehead atoms. The SMILES string of the molecule is CC1(C)CC(=O)C2=C(C1)Nc1c(O)cccc1N(C(=O)c1ccc(N)cn1)[C@H]2c1ccc(OCc2ccccc2)cc1F. The van der Waals surface area contributed by atoms with Gasteiger partial charge >= 0.3 is 0 Å². The van der Waals surface area contributed by atoms with E-state index in [0.717, 1.165) is 5.56 Å². The molecule has 1 atom stereocenters. The number of para-hydroxylation sites is 1. The number of aromatic hydroxyl groups is 1. The van der Waals surface area contributed by atoms with Crippen LogP contribution in [0.15, 0.2) is 96.3 Å². The van der Waals surface area contributed by atoms with Crippen molar-refractivity contribution in [2.45, 2.75) is 39.3 Å². The van der Waals surface area contributed by atoms with Crippen molar-refractivity contribution in [2.75, 3.05) is 16.0 Å². The molecule has 0 spiro atoms. The number of amides is 1. The number of halogens is 1. The molecule has 0 fully saturated rings. The topological polar surface area (TPSA) is 118 Å². The summed E-state index contributed by atoms with van der Waals surface area (Å²) in [6.07, 6.45) is 2.01. The number of phenols is 1. The van der Waals surface area contributed by atoms with Crippen LogP contribution in [0, 0.1) is 11.2 Å². The van der Waals surface area contributed by atoms with E-state index in [-0.39, 0.29) is 52.8 Å². The number of rotatable bonds is 5. The molecule has 9 heteroatoms. The van der Waals surface area contributed by atoms with E-state index in [9.17, 15) is 14.7 Å². The summed E-state index contributed by atoms with van der Waals surface area (Å²) in [5, 5.41) is 14.2. The first-order valence-electron chi connectivity index (χ1n) is 14.0. The third-order valence-corrected chi connectivity index (χ3v) is 7.75. The average molecular weight is 579 g/mol. The maximum Gasteiger partial charge on any atom is 0.277 e. The highest BCUT2D eigenvalue weighted by atomic mass is 19.1. The average Bonchev–Trinajstić information content (AvgIpc) is 3.11. The summed E-state index contributed by atoms with van der Waals surface area (Å²) < 4.78 is 22.1. The van der Waals surface area contributed by atoms with Gasteiger partial charge in [0.15, 0.2) is 5.78 Å². The van der Waals surface area contributed by atoms with Crippen molar-refractivity contribution in [2.24, 2.45) is 5.41 Å². The quantitative estimate of drug-likeness (QED) is 0.230. The van der Waals surface area contributed by atoms with Crippen molar-refractivity contribution in [1.82, 2.24) is 4.98 Å². The molecule has 0 saturated carbocycles. The minimum atomic E-state index is -1.16. The van der Waals surface area contributed by atoms with Crippen molar-refractivity contribution in [3.63, 3.8) is 0 Å². The minimum absolute atomic E-state index is 0.0457. The van der Waals surface area contributed by atoms with Crippen LogP contribution in [0.3, 0.4) is 0 Å². The summed E-state index contributed by atoms with van der Waals surface area (Å²) in [6.45, 7) is 4.20. The number of fused-ring (bicyclic) bond motifs is 1. The van der Waals surface area contributed by atoms with Crippen LogP contribution in [0.1, 0.15) is 54.3 Å². The largest absolute Gasteiger partial charge is 0.506 e. The molecule has 2 aliphatic rings. The lowest BCUT2D eigenvalue weighted by atomic mass is 9.73. The normalized spacial score (nSPS) is 17.4. The van der Waals surface area contributed by atoms with Gasteiger partial charge in [-0.3, -0.25) is 14.5 Å². The smallest absolute Gasteiger partial charge is 0.277 e. The lowest BCUT2D eigenvalue weighted by Gasteiger charge is -2.37. The Labute approximate surface area is 248 Å². The second kappa shape index (κ2) is 10.9. The predicted molar refractivity (Wildman–Crippen MR) is 162 cm³/mol. The molecule has 1 aliphatic carbocycles.